The fourth-order valence-electron chi connectivity index (χ4n) is 1.24. The van der Waals surface area contributed by atoms with Crippen molar-refractivity contribution in [1.29, 1.82) is 0 Å². The van der Waals surface area contributed by atoms with E-state index in [1.54, 1.807) is 12.1 Å². The SMILES string of the molecule is [O]c1cccc(C2CC2)c1F. The average Bonchev–Trinajstić information content (AvgIpc) is 2.77. The molecule has 1 aromatic rings. The first-order valence-corrected chi connectivity index (χ1v) is 3.74. The summed E-state index contributed by atoms with van der Waals surface area (Å²) in [4.78, 5) is 0. The molecule has 1 aromatic carbocycles. The number of rotatable bonds is 1. The zero-order valence-electron chi connectivity index (χ0n) is 6.01. The van der Waals surface area contributed by atoms with Crippen LogP contribution in [0.25, 0.3) is 0 Å². The van der Waals surface area contributed by atoms with Gasteiger partial charge in [0.25, 0.3) is 0 Å². The smallest absolute Gasteiger partial charge is 0.214 e. The largest absolute Gasteiger partial charge is 0.287 e. The van der Waals surface area contributed by atoms with Crippen molar-refractivity contribution in [2.24, 2.45) is 0 Å². The van der Waals surface area contributed by atoms with E-state index in [9.17, 15) is 9.50 Å². The molecule has 0 aliphatic heterocycles. The fraction of sp³-hybridized carbons (Fsp3) is 0.333. The Morgan fingerprint density at radius 1 is 1.36 bits per heavy atom. The summed E-state index contributed by atoms with van der Waals surface area (Å²) >= 11 is 0. The lowest BCUT2D eigenvalue weighted by atomic mass is 10.1. The van der Waals surface area contributed by atoms with Crippen LogP contribution >= 0.6 is 0 Å². The molecule has 1 saturated carbocycles. The standard InChI is InChI=1S/C9H8FO/c10-9-7(6-4-5-6)2-1-3-8(9)11/h1-3,6H,4-5H2. The van der Waals surface area contributed by atoms with E-state index >= 15 is 0 Å². The minimum atomic E-state index is -0.546. The van der Waals surface area contributed by atoms with Crippen molar-refractivity contribution in [3.63, 3.8) is 0 Å². The summed E-state index contributed by atoms with van der Waals surface area (Å²) in [5, 5.41) is 10.8. The first kappa shape index (κ1) is 6.65. The summed E-state index contributed by atoms with van der Waals surface area (Å²) in [6.45, 7) is 0. The molecule has 57 valence electrons. The summed E-state index contributed by atoms with van der Waals surface area (Å²) in [5.74, 6) is -0.701. The molecule has 0 aromatic heterocycles. The Kier molecular flexibility index (Phi) is 1.34. The van der Waals surface area contributed by atoms with Crippen molar-refractivity contribution in [1.82, 2.24) is 0 Å². The lowest BCUT2D eigenvalue weighted by Crippen LogP contribution is -1.85. The summed E-state index contributed by atoms with van der Waals surface area (Å²) in [6, 6.07) is 4.59. The second-order valence-electron chi connectivity index (χ2n) is 2.93. The van der Waals surface area contributed by atoms with Crippen LogP contribution in [-0.2, 0) is 5.11 Å². The number of halogens is 1. The van der Waals surface area contributed by atoms with Gasteiger partial charge in [-0.25, -0.2) is 4.39 Å². The van der Waals surface area contributed by atoms with Gasteiger partial charge in [-0.15, -0.1) is 0 Å². The molecule has 1 nitrogen and oxygen atoms in total. The van der Waals surface area contributed by atoms with Gasteiger partial charge in [0.1, 0.15) is 0 Å². The van der Waals surface area contributed by atoms with Crippen LogP contribution in [-0.4, -0.2) is 0 Å². The zero-order chi connectivity index (χ0) is 7.84. The molecule has 1 fully saturated rings. The van der Waals surface area contributed by atoms with E-state index < -0.39 is 11.6 Å². The number of hydrogen-bond donors (Lipinski definition) is 0. The topological polar surface area (TPSA) is 19.9 Å². The Hall–Kier alpha value is -1.05. The fourth-order valence-corrected chi connectivity index (χ4v) is 1.24. The summed E-state index contributed by atoms with van der Waals surface area (Å²) < 4.78 is 13.0. The van der Waals surface area contributed by atoms with Gasteiger partial charge in [0.05, 0.1) is 0 Å². The van der Waals surface area contributed by atoms with Crippen LogP contribution in [0.3, 0.4) is 0 Å². The molecule has 2 rings (SSSR count). The van der Waals surface area contributed by atoms with E-state index in [-0.39, 0.29) is 0 Å². The van der Waals surface area contributed by atoms with Crippen molar-refractivity contribution in [3.05, 3.63) is 29.6 Å². The number of hydrogen-bond acceptors (Lipinski definition) is 0. The molecule has 0 amide bonds. The second kappa shape index (κ2) is 2.22. The van der Waals surface area contributed by atoms with E-state index in [4.69, 9.17) is 0 Å². The molecule has 1 aliphatic rings. The first-order chi connectivity index (χ1) is 5.29. The normalized spacial score (nSPS) is 16.8. The van der Waals surface area contributed by atoms with Crippen LogP contribution in [0.15, 0.2) is 18.2 Å². The Bertz CT molecular complexity index is 279. The van der Waals surface area contributed by atoms with Gasteiger partial charge in [-0.05, 0) is 30.4 Å². The van der Waals surface area contributed by atoms with Crippen LogP contribution in [0, 0.1) is 5.82 Å². The molecule has 0 heterocycles. The number of benzene rings is 1. The van der Waals surface area contributed by atoms with Gasteiger partial charge in [-0.2, -0.15) is 0 Å². The molecule has 0 bridgehead atoms. The molecule has 0 spiro atoms. The Morgan fingerprint density at radius 3 is 2.73 bits per heavy atom. The van der Waals surface area contributed by atoms with Crippen molar-refractivity contribution < 1.29 is 9.50 Å². The van der Waals surface area contributed by atoms with Crippen molar-refractivity contribution >= 4 is 0 Å². The zero-order valence-corrected chi connectivity index (χ0v) is 6.01. The molecule has 0 N–H and O–H groups in total. The van der Waals surface area contributed by atoms with Crippen molar-refractivity contribution in [2.75, 3.05) is 0 Å². The van der Waals surface area contributed by atoms with Gasteiger partial charge >= 0.3 is 0 Å². The molecule has 0 atom stereocenters. The molecule has 11 heavy (non-hydrogen) atoms. The Balaban J connectivity index is 2.45. The maximum Gasteiger partial charge on any atom is 0.214 e. The van der Waals surface area contributed by atoms with Crippen molar-refractivity contribution in [2.45, 2.75) is 18.8 Å². The molecular weight excluding hydrogens is 143 g/mol. The molecular formula is C9H8FO. The lowest BCUT2D eigenvalue weighted by molar-refractivity contribution is 0.328. The van der Waals surface area contributed by atoms with Gasteiger partial charge in [0, 0.05) is 0 Å². The Labute approximate surface area is 64.5 Å². The molecule has 0 saturated heterocycles. The third-order valence-electron chi connectivity index (χ3n) is 2.01. The lowest BCUT2D eigenvalue weighted by Gasteiger charge is -1.98. The minimum absolute atomic E-state index is 0.323. The summed E-state index contributed by atoms with van der Waals surface area (Å²) in [6.07, 6.45) is 2.06. The van der Waals surface area contributed by atoms with Gasteiger partial charge < -0.3 is 0 Å². The maximum absolute atomic E-state index is 13.0. The summed E-state index contributed by atoms with van der Waals surface area (Å²) in [5.41, 5.74) is 0.609. The predicted molar refractivity (Wildman–Crippen MR) is 38.5 cm³/mol. The highest BCUT2D eigenvalue weighted by atomic mass is 19.1. The van der Waals surface area contributed by atoms with Crippen LogP contribution in [0.1, 0.15) is 24.3 Å². The van der Waals surface area contributed by atoms with Crippen LogP contribution in [0.2, 0.25) is 0 Å². The molecule has 0 unspecified atom stereocenters. The third kappa shape index (κ3) is 1.09. The van der Waals surface area contributed by atoms with E-state index in [1.807, 2.05) is 0 Å². The van der Waals surface area contributed by atoms with Crippen LogP contribution in [0.5, 0.6) is 5.75 Å². The van der Waals surface area contributed by atoms with Gasteiger partial charge in [0.2, 0.25) is 5.75 Å². The van der Waals surface area contributed by atoms with Crippen molar-refractivity contribution in [3.8, 4) is 5.75 Å². The summed E-state index contributed by atoms with van der Waals surface area (Å²) in [7, 11) is 0. The van der Waals surface area contributed by atoms with Gasteiger partial charge in [0.15, 0.2) is 5.82 Å². The van der Waals surface area contributed by atoms with E-state index in [1.165, 1.54) is 6.07 Å². The molecule has 1 aliphatic carbocycles. The first-order valence-electron chi connectivity index (χ1n) is 3.74. The highest BCUT2D eigenvalue weighted by molar-refractivity contribution is 5.33. The van der Waals surface area contributed by atoms with E-state index in [0.29, 0.717) is 11.5 Å². The Morgan fingerprint density at radius 2 is 2.09 bits per heavy atom. The highest BCUT2D eigenvalue weighted by Crippen LogP contribution is 2.42. The van der Waals surface area contributed by atoms with E-state index in [0.717, 1.165) is 12.8 Å². The van der Waals surface area contributed by atoms with E-state index in [2.05, 4.69) is 0 Å². The predicted octanol–water partition coefficient (Wildman–Crippen LogP) is 2.85. The van der Waals surface area contributed by atoms with Crippen LogP contribution < -0.4 is 0 Å². The second-order valence-corrected chi connectivity index (χ2v) is 2.93. The average molecular weight is 151 g/mol. The van der Waals surface area contributed by atoms with Gasteiger partial charge in [-0.3, -0.25) is 5.11 Å². The molecule has 1 radical (unpaired) electrons. The quantitative estimate of drug-likeness (QED) is 0.588. The maximum atomic E-state index is 13.0. The monoisotopic (exact) mass is 151 g/mol. The molecule has 2 heteroatoms. The minimum Gasteiger partial charge on any atom is -0.287 e. The third-order valence-corrected chi connectivity index (χ3v) is 2.01. The van der Waals surface area contributed by atoms with Crippen LogP contribution in [0.4, 0.5) is 4.39 Å². The highest BCUT2D eigenvalue weighted by Gasteiger charge is 2.27. The van der Waals surface area contributed by atoms with Gasteiger partial charge in [-0.1, -0.05) is 12.1 Å².